The van der Waals surface area contributed by atoms with Crippen molar-refractivity contribution in [1.82, 2.24) is 0 Å². The molecule has 0 amide bonds. The van der Waals surface area contributed by atoms with Gasteiger partial charge in [0.2, 0.25) is 0 Å². The minimum Gasteiger partial charge on any atom is -0.324 e. The topological polar surface area (TPSA) is 115 Å². The van der Waals surface area contributed by atoms with Gasteiger partial charge in [-0.3, -0.25) is 9.13 Å². The Bertz CT molecular complexity index is 746. The molecule has 0 atom stereocenters. The summed E-state index contributed by atoms with van der Waals surface area (Å²) in [5.74, 6) is 0. The third-order valence-corrected chi connectivity index (χ3v) is 5.04. The summed E-state index contributed by atoms with van der Waals surface area (Å²) < 4.78 is 21.8. The first-order valence-corrected chi connectivity index (χ1v) is 12.2. The number of allylic oxidation sites excluding steroid dienone is 14. The van der Waals surface area contributed by atoms with E-state index in [9.17, 15) is 9.13 Å². The lowest BCUT2D eigenvalue weighted by molar-refractivity contribution is 0.374. The van der Waals surface area contributed by atoms with Gasteiger partial charge in [-0.2, -0.15) is 0 Å². The second-order valence-electron chi connectivity index (χ2n) is 6.60. The second kappa shape index (κ2) is 12.8. The van der Waals surface area contributed by atoms with E-state index in [1.54, 1.807) is 38.2 Å². The van der Waals surface area contributed by atoms with E-state index >= 15 is 0 Å². The van der Waals surface area contributed by atoms with Gasteiger partial charge in [-0.1, -0.05) is 83.1 Å². The van der Waals surface area contributed by atoms with Gasteiger partial charge in [0.15, 0.2) is 0 Å². The van der Waals surface area contributed by atoms with E-state index in [2.05, 4.69) is 0 Å². The summed E-state index contributed by atoms with van der Waals surface area (Å²) in [5.41, 5.74) is 3.19. The SMILES string of the molecule is CC(/C=C/C=C(\C)CP(=O)(O)O)=C\C=C\C=C(C)\C=C\C=C(/C)CP(=O)(O)O. The summed E-state index contributed by atoms with van der Waals surface area (Å²) in [6.07, 6.45) is 17.6. The molecule has 6 nitrogen and oxygen atoms in total. The summed E-state index contributed by atoms with van der Waals surface area (Å²) >= 11 is 0. The lowest BCUT2D eigenvalue weighted by atomic mass is 10.2. The molecule has 28 heavy (non-hydrogen) atoms. The molecule has 0 aliphatic heterocycles. The zero-order valence-corrected chi connectivity index (χ0v) is 18.5. The Hall–Kier alpha value is -1.52. The monoisotopic (exact) mass is 428 g/mol. The van der Waals surface area contributed by atoms with Gasteiger partial charge in [0.05, 0.1) is 12.3 Å². The van der Waals surface area contributed by atoms with Crippen LogP contribution in [0.5, 0.6) is 0 Å². The fourth-order valence-corrected chi connectivity index (χ4v) is 3.52. The Kier molecular flexibility index (Phi) is 12.1. The normalized spacial score (nSPS) is 16.1. The number of hydrogen-bond acceptors (Lipinski definition) is 2. The number of rotatable bonds is 10. The third-order valence-electron chi connectivity index (χ3n) is 3.22. The molecule has 0 rings (SSSR count). The van der Waals surface area contributed by atoms with E-state index in [-0.39, 0.29) is 12.3 Å². The molecule has 4 N–H and O–H groups in total. The quantitative estimate of drug-likeness (QED) is 0.294. The molecule has 0 aliphatic carbocycles. The average molecular weight is 428 g/mol. The maximum atomic E-state index is 10.9. The van der Waals surface area contributed by atoms with E-state index in [4.69, 9.17) is 19.6 Å². The Morgan fingerprint density at radius 3 is 1.21 bits per heavy atom. The summed E-state index contributed by atoms with van der Waals surface area (Å²) in [7, 11) is -8.04. The van der Waals surface area contributed by atoms with Crippen molar-refractivity contribution in [2.45, 2.75) is 27.7 Å². The second-order valence-corrected chi connectivity index (χ2v) is 9.89. The highest BCUT2D eigenvalue weighted by Gasteiger charge is 2.12. The molecule has 0 heterocycles. The molecule has 0 saturated heterocycles. The van der Waals surface area contributed by atoms with Crippen LogP contribution in [0.1, 0.15) is 27.7 Å². The molecule has 0 spiro atoms. The molecule has 0 radical (unpaired) electrons. The van der Waals surface area contributed by atoms with Crippen LogP contribution in [0.4, 0.5) is 0 Å². The van der Waals surface area contributed by atoms with Crippen LogP contribution in [0.3, 0.4) is 0 Å². The molecule has 0 bridgehead atoms. The van der Waals surface area contributed by atoms with Crippen LogP contribution in [0.25, 0.3) is 0 Å². The molecule has 0 aromatic heterocycles. The van der Waals surface area contributed by atoms with Crippen LogP contribution in [-0.2, 0) is 9.13 Å². The van der Waals surface area contributed by atoms with Crippen molar-refractivity contribution in [2.24, 2.45) is 0 Å². The van der Waals surface area contributed by atoms with Crippen molar-refractivity contribution in [3.8, 4) is 0 Å². The van der Waals surface area contributed by atoms with Gasteiger partial charge in [0.25, 0.3) is 0 Å². The van der Waals surface area contributed by atoms with E-state index in [1.165, 1.54) is 0 Å². The molecule has 0 unspecified atom stereocenters. The molecule has 0 saturated carbocycles. The summed E-state index contributed by atoms with van der Waals surface area (Å²) in [4.78, 5) is 35.6. The molecule has 0 aliphatic rings. The Balaban J connectivity index is 4.67. The van der Waals surface area contributed by atoms with Crippen LogP contribution in [0, 0.1) is 0 Å². The first kappa shape index (κ1) is 26.5. The fraction of sp³-hybridized carbons (Fsp3) is 0.300. The molecule has 0 fully saturated rings. The lowest BCUT2D eigenvalue weighted by Crippen LogP contribution is -1.88. The van der Waals surface area contributed by atoms with Crippen LogP contribution in [-0.4, -0.2) is 31.9 Å². The van der Waals surface area contributed by atoms with Gasteiger partial charge in [0.1, 0.15) is 0 Å². The van der Waals surface area contributed by atoms with Crippen molar-refractivity contribution >= 4 is 15.2 Å². The highest BCUT2D eigenvalue weighted by molar-refractivity contribution is 7.52. The predicted octanol–water partition coefficient (Wildman–Crippen LogP) is 4.80. The summed E-state index contributed by atoms with van der Waals surface area (Å²) in [6.45, 7) is 7.18. The lowest BCUT2D eigenvalue weighted by Gasteiger charge is -2.02. The van der Waals surface area contributed by atoms with E-state index in [0.29, 0.717) is 11.1 Å². The maximum Gasteiger partial charge on any atom is 0.329 e. The predicted molar refractivity (Wildman–Crippen MR) is 116 cm³/mol. The number of hydrogen-bond donors (Lipinski definition) is 4. The zero-order valence-electron chi connectivity index (χ0n) is 16.7. The van der Waals surface area contributed by atoms with Crippen LogP contribution in [0.2, 0.25) is 0 Å². The molecular weight excluding hydrogens is 398 g/mol. The van der Waals surface area contributed by atoms with Gasteiger partial charge in [-0.15, -0.1) is 0 Å². The largest absolute Gasteiger partial charge is 0.329 e. The average Bonchev–Trinajstić information content (AvgIpc) is 2.48. The van der Waals surface area contributed by atoms with Gasteiger partial charge in [-0.05, 0) is 27.7 Å². The van der Waals surface area contributed by atoms with Crippen molar-refractivity contribution in [2.75, 3.05) is 12.3 Å². The van der Waals surface area contributed by atoms with Crippen LogP contribution < -0.4 is 0 Å². The van der Waals surface area contributed by atoms with Crippen molar-refractivity contribution < 1.29 is 28.7 Å². The van der Waals surface area contributed by atoms with Crippen molar-refractivity contribution in [3.05, 3.63) is 83.1 Å². The Labute approximate surface area is 167 Å². The standard InChI is InChI=1S/C20H30O6P2/c1-17(11-7-13-19(3)15-27(21,22)23)9-5-6-10-18(2)12-8-14-20(4)16-28(24,25)26/h5-14H,15-16H2,1-4H3,(H2,21,22,23)(H2,24,25,26)/b6-5+,11-7+,12-8+,17-9+,18-10+,19-13+,20-14+. The zero-order chi connectivity index (χ0) is 21.8. The minimum atomic E-state index is -4.02. The smallest absolute Gasteiger partial charge is 0.324 e. The van der Waals surface area contributed by atoms with Crippen LogP contribution in [0.15, 0.2) is 83.1 Å². The molecule has 8 heteroatoms. The molecule has 0 aromatic rings. The van der Waals surface area contributed by atoms with Gasteiger partial charge in [0, 0.05) is 0 Å². The van der Waals surface area contributed by atoms with Crippen molar-refractivity contribution in [3.63, 3.8) is 0 Å². The van der Waals surface area contributed by atoms with E-state index < -0.39 is 15.2 Å². The Morgan fingerprint density at radius 2 is 0.929 bits per heavy atom. The van der Waals surface area contributed by atoms with Crippen molar-refractivity contribution in [1.29, 1.82) is 0 Å². The summed E-state index contributed by atoms with van der Waals surface area (Å²) in [6, 6.07) is 0. The van der Waals surface area contributed by atoms with Gasteiger partial charge >= 0.3 is 15.2 Å². The third kappa shape index (κ3) is 17.9. The fourth-order valence-electron chi connectivity index (χ4n) is 2.01. The van der Waals surface area contributed by atoms with Gasteiger partial charge in [-0.25, -0.2) is 0 Å². The molecule has 0 aromatic carbocycles. The highest BCUT2D eigenvalue weighted by Crippen LogP contribution is 2.37. The Morgan fingerprint density at radius 1 is 0.607 bits per heavy atom. The molecule has 156 valence electrons. The summed E-state index contributed by atoms with van der Waals surface area (Å²) in [5, 5.41) is 0. The van der Waals surface area contributed by atoms with Crippen LogP contribution >= 0.6 is 15.2 Å². The molecular formula is C20H30O6P2. The first-order chi connectivity index (χ1) is 12.8. The van der Waals surface area contributed by atoms with E-state index in [1.807, 2.05) is 50.3 Å². The minimum absolute atomic E-state index is 0.244. The maximum absolute atomic E-state index is 10.9. The first-order valence-electron chi connectivity index (χ1n) is 8.57. The van der Waals surface area contributed by atoms with Gasteiger partial charge < -0.3 is 19.6 Å². The highest BCUT2D eigenvalue weighted by atomic mass is 31.2. The van der Waals surface area contributed by atoms with E-state index in [0.717, 1.165) is 11.1 Å².